The van der Waals surface area contributed by atoms with E-state index in [-0.39, 0.29) is 0 Å². The maximum atomic E-state index is 10.3. The molecule has 0 amide bonds. The van der Waals surface area contributed by atoms with Crippen molar-refractivity contribution in [3.63, 3.8) is 0 Å². The summed E-state index contributed by atoms with van der Waals surface area (Å²) >= 11 is 4.53. The van der Waals surface area contributed by atoms with Gasteiger partial charge in [0.1, 0.15) is 0 Å². The number of carboxylic acids is 1. The van der Waals surface area contributed by atoms with Crippen LogP contribution in [0.4, 0.5) is 0 Å². The molecule has 0 aromatic heterocycles. The smallest absolute Gasteiger partial charge is 0.309 e. The van der Waals surface area contributed by atoms with E-state index in [9.17, 15) is 4.79 Å². The summed E-state index contributed by atoms with van der Waals surface area (Å²) < 4.78 is 0. The highest BCUT2D eigenvalue weighted by atomic mass is 32.1. The van der Waals surface area contributed by atoms with Crippen LogP contribution in [-0.2, 0) is 4.79 Å². The van der Waals surface area contributed by atoms with Gasteiger partial charge in [-0.05, 0) is 25.6 Å². The Morgan fingerprint density at radius 2 is 2.22 bits per heavy atom. The Hall–Kier alpha value is -0.440. The van der Waals surface area contributed by atoms with Crippen molar-refractivity contribution in [2.45, 2.75) is 20.3 Å². The largest absolute Gasteiger partial charge is 0.481 e. The molecule has 0 saturated carbocycles. The van der Waals surface area contributed by atoms with Crippen molar-refractivity contribution in [2.24, 2.45) is 5.41 Å². The summed E-state index contributed by atoms with van der Waals surface area (Å²) in [5.41, 5.74) is -0.693. The number of hydrogen-bond donors (Lipinski definition) is 1. The lowest BCUT2D eigenvalue weighted by Gasteiger charge is -2.14. The molecule has 0 radical (unpaired) electrons. The number of carbonyl (C=O) groups is 1. The highest BCUT2D eigenvalue weighted by Crippen LogP contribution is 2.18. The van der Waals surface area contributed by atoms with Crippen molar-refractivity contribution in [1.29, 1.82) is 0 Å². The summed E-state index contributed by atoms with van der Waals surface area (Å²) in [6, 6.07) is 0. The Bertz CT molecular complexity index is 129. The Labute approximate surface area is 59.9 Å². The summed E-state index contributed by atoms with van der Waals surface area (Å²) in [5.74, 6) is -0.802. The molecule has 2 nitrogen and oxygen atoms in total. The van der Waals surface area contributed by atoms with Gasteiger partial charge < -0.3 is 5.11 Å². The minimum absolute atomic E-state index is 0.442. The fraction of sp³-hybridized carbons (Fsp3) is 0.667. The van der Waals surface area contributed by atoms with Crippen LogP contribution in [0.5, 0.6) is 0 Å². The third kappa shape index (κ3) is 2.56. The van der Waals surface area contributed by atoms with Gasteiger partial charge in [-0.3, -0.25) is 4.79 Å². The summed E-state index contributed by atoms with van der Waals surface area (Å²) in [5, 5.41) is 9.96. The molecule has 0 aromatic rings. The normalized spacial score (nSPS) is 10.9. The predicted octanol–water partition coefficient (Wildman–Crippen LogP) is 1.49. The van der Waals surface area contributed by atoms with Crippen LogP contribution in [0.2, 0.25) is 0 Å². The highest BCUT2D eigenvalue weighted by Gasteiger charge is 2.24. The number of hydrogen-bond acceptors (Lipinski definition) is 2. The van der Waals surface area contributed by atoms with E-state index in [0.717, 1.165) is 0 Å². The molecule has 0 fully saturated rings. The van der Waals surface area contributed by atoms with Gasteiger partial charge in [0, 0.05) is 0 Å². The van der Waals surface area contributed by atoms with E-state index < -0.39 is 11.4 Å². The third-order valence-corrected chi connectivity index (χ3v) is 1.34. The Morgan fingerprint density at radius 1 is 1.78 bits per heavy atom. The van der Waals surface area contributed by atoms with Crippen LogP contribution in [0.25, 0.3) is 0 Å². The van der Waals surface area contributed by atoms with E-state index in [1.807, 2.05) is 0 Å². The van der Waals surface area contributed by atoms with Gasteiger partial charge in [0.05, 0.1) is 5.41 Å². The fourth-order valence-corrected chi connectivity index (χ4v) is 0.712. The molecule has 0 aliphatic carbocycles. The minimum Gasteiger partial charge on any atom is -0.481 e. The second-order valence-corrected chi connectivity index (χ2v) is 2.89. The average molecular weight is 146 g/mol. The SMILES string of the molecule is CC(C)(CC=S)C(=O)O. The first-order valence-corrected chi connectivity index (χ1v) is 3.15. The van der Waals surface area contributed by atoms with Crippen LogP contribution < -0.4 is 0 Å². The van der Waals surface area contributed by atoms with Crippen LogP contribution in [0.3, 0.4) is 0 Å². The highest BCUT2D eigenvalue weighted by molar-refractivity contribution is 7.78. The maximum absolute atomic E-state index is 10.3. The lowest BCUT2D eigenvalue weighted by atomic mass is 9.91. The molecule has 0 heterocycles. The topological polar surface area (TPSA) is 37.3 Å². The first-order chi connectivity index (χ1) is 4.00. The quantitative estimate of drug-likeness (QED) is 0.613. The van der Waals surface area contributed by atoms with E-state index in [1.54, 1.807) is 13.8 Å². The summed E-state index contributed by atoms with van der Waals surface area (Å²) in [4.78, 5) is 10.3. The molecule has 52 valence electrons. The van der Waals surface area contributed by atoms with Crippen molar-refractivity contribution in [3.8, 4) is 0 Å². The van der Waals surface area contributed by atoms with Crippen molar-refractivity contribution >= 4 is 23.6 Å². The van der Waals surface area contributed by atoms with Crippen LogP contribution in [0.15, 0.2) is 0 Å². The molecular formula is C6H10O2S. The first-order valence-electron chi connectivity index (χ1n) is 2.68. The molecule has 0 aliphatic heterocycles. The van der Waals surface area contributed by atoms with Gasteiger partial charge in [-0.2, -0.15) is 0 Å². The van der Waals surface area contributed by atoms with Gasteiger partial charge in [-0.25, -0.2) is 0 Å². The maximum Gasteiger partial charge on any atom is 0.309 e. The molecule has 0 aromatic carbocycles. The Kier molecular flexibility index (Phi) is 2.77. The zero-order chi connectivity index (χ0) is 7.49. The molecule has 3 heteroatoms. The molecule has 0 spiro atoms. The van der Waals surface area contributed by atoms with Crippen LogP contribution in [0.1, 0.15) is 20.3 Å². The van der Waals surface area contributed by atoms with Gasteiger partial charge in [-0.1, -0.05) is 12.2 Å². The van der Waals surface area contributed by atoms with Crippen LogP contribution in [0, 0.1) is 5.41 Å². The monoisotopic (exact) mass is 146 g/mol. The molecule has 0 unspecified atom stereocenters. The van der Waals surface area contributed by atoms with Gasteiger partial charge in [0.25, 0.3) is 0 Å². The Morgan fingerprint density at radius 3 is 2.33 bits per heavy atom. The van der Waals surface area contributed by atoms with Gasteiger partial charge in [0.2, 0.25) is 0 Å². The van der Waals surface area contributed by atoms with E-state index in [2.05, 4.69) is 12.2 Å². The van der Waals surface area contributed by atoms with Crippen molar-refractivity contribution < 1.29 is 9.90 Å². The zero-order valence-corrected chi connectivity index (χ0v) is 6.36. The molecule has 0 rings (SSSR count). The summed E-state index contributed by atoms with van der Waals surface area (Å²) in [7, 11) is 0. The van der Waals surface area contributed by atoms with E-state index >= 15 is 0 Å². The van der Waals surface area contributed by atoms with Crippen LogP contribution in [-0.4, -0.2) is 16.4 Å². The average Bonchev–Trinajstić information content (AvgIpc) is 1.65. The minimum atomic E-state index is -0.802. The van der Waals surface area contributed by atoms with Crippen molar-refractivity contribution in [1.82, 2.24) is 0 Å². The molecule has 0 saturated heterocycles. The zero-order valence-electron chi connectivity index (χ0n) is 5.55. The second kappa shape index (κ2) is 2.92. The van der Waals surface area contributed by atoms with Gasteiger partial charge in [-0.15, -0.1) is 0 Å². The fourth-order valence-electron chi connectivity index (χ4n) is 0.296. The summed E-state index contributed by atoms with van der Waals surface area (Å²) in [6.07, 6.45) is 0.442. The number of aliphatic carboxylic acids is 1. The lowest BCUT2D eigenvalue weighted by molar-refractivity contribution is -0.146. The molecule has 0 atom stereocenters. The molecule has 0 aliphatic rings. The number of thiocarbonyl (C=S) groups is 1. The molecule has 9 heavy (non-hydrogen) atoms. The second-order valence-electron chi connectivity index (χ2n) is 2.56. The Balaban J connectivity index is 4.00. The van der Waals surface area contributed by atoms with Crippen molar-refractivity contribution in [3.05, 3.63) is 0 Å². The molecule has 1 N–H and O–H groups in total. The van der Waals surface area contributed by atoms with Crippen molar-refractivity contribution in [2.75, 3.05) is 0 Å². The van der Waals surface area contributed by atoms with E-state index in [1.165, 1.54) is 5.37 Å². The van der Waals surface area contributed by atoms with E-state index in [0.29, 0.717) is 6.42 Å². The third-order valence-electron chi connectivity index (χ3n) is 1.17. The van der Waals surface area contributed by atoms with E-state index in [4.69, 9.17) is 5.11 Å². The summed E-state index contributed by atoms with van der Waals surface area (Å²) in [6.45, 7) is 3.30. The lowest BCUT2D eigenvalue weighted by Crippen LogP contribution is -2.23. The predicted molar refractivity (Wildman–Crippen MR) is 39.7 cm³/mol. The standard InChI is InChI=1S/C6H10O2S/c1-6(2,3-4-9)5(7)8/h4H,3H2,1-2H3,(H,7,8). The number of rotatable bonds is 3. The number of carboxylic acid groups (broad SMARTS) is 1. The molecular weight excluding hydrogens is 136 g/mol. The first kappa shape index (κ1) is 8.56. The van der Waals surface area contributed by atoms with Crippen LogP contribution >= 0.6 is 12.2 Å². The van der Waals surface area contributed by atoms with Gasteiger partial charge in [0.15, 0.2) is 0 Å². The van der Waals surface area contributed by atoms with Gasteiger partial charge >= 0.3 is 5.97 Å². The molecule has 0 bridgehead atoms.